The van der Waals surface area contributed by atoms with E-state index in [1.807, 2.05) is 47.3 Å². The third kappa shape index (κ3) is 12.1. The van der Waals surface area contributed by atoms with Crippen LogP contribution >= 0.6 is 31.9 Å². The van der Waals surface area contributed by atoms with Crippen molar-refractivity contribution in [3.8, 4) is 22.8 Å². The Morgan fingerprint density at radius 1 is 0.854 bits per heavy atom. The molecule has 0 amide bonds. The third-order valence-electron chi connectivity index (χ3n) is 7.51. The van der Waals surface area contributed by atoms with Gasteiger partial charge in [0, 0.05) is 43.5 Å². The lowest BCUT2D eigenvalue weighted by atomic mass is 10.1. The predicted octanol–water partition coefficient (Wildman–Crippen LogP) is 6.35. The van der Waals surface area contributed by atoms with Crippen molar-refractivity contribution >= 4 is 43.8 Å². The van der Waals surface area contributed by atoms with Crippen molar-refractivity contribution in [1.82, 2.24) is 24.8 Å². The highest BCUT2D eigenvalue weighted by Gasteiger charge is 2.09. The first kappa shape index (κ1) is 37.2. The minimum Gasteiger partial charge on any atom is -0.492 e. The molecule has 0 spiro atoms. The number of hydrazone groups is 1. The first-order valence-electron chi connectivity index (χ1n) is 16.1. The molecule has 0 saturated heterocycles. The Morgan fingerprint density at radius 3 is 2.06 bits per heavy atom. The van der Waals surface area contributed by atoms with Gasteiger partial charge in [0.05, 0.1) is 28.4 Å². The summed E-state index contributed by atoms with van der Waals surface area (Å²) < 4.78 is 15.6. The van der Waals surface area contributed by atoms with Gasteiger partial charge in [0.25, 0.3) is 0 Å². The van der Waals surface area contributed by atoms with E-state index in [1.54, 1.807) is 6.21 Å². The summed E-state index contributed by atoms with van der Waals surface area (Å²) in [7, 11) is 8.26. The lowest BCUT2D eigenvalue weighted by Crippen LogP contribution is -2.15. The van der Waals surface area contributed by atoms with E-state index in [9.17, 15) is 0 Å². The molecule has 0 saturated carbocycles. The summed E-state index contributed by atoms with van der Waals surface area (Å²) in [6.07, 6.45) is 7.24. The van der Waals surface area contributed by atoms with E-state index in [0.29, 0.717) is 32.0 Å². The molecule has 0 atom stereocenters. The van der Waals surface area contributed by atoms with Crippen LogP contribution in [0.15, 0.2) is 85.9 Å². The molecule has 3 aromatic carbocycles. The van der Waals surface area contributed by atoms with Crippen LogP contribution in [0.3, 0.4) is 0 Å². The molecule has 0 aliphatic carbocycles. The Balaban J connectivity index is 1.27. The quantitative estimate of drug-likeness (QED) is 0.0512. The van der Waals surface area contributed by atoms with Gasteiger partial charge in [-0.25, -0.2) is 0 Å². The van der Waals surface area contributed by atoms with E-state index in [1.165, 1.54) is 11.1 Å². The van der Waals surface area contributed by atoms with Gasteiger partial charge in [-0.2, -0.15) is 5.10 Å². The minimum atomic E-state index is 0.600. The predicted molar refractivity (Wildman–Crippen MR) is 203 cm³/mol. The van der Waals surface area contributed by atoms with Crippen molar-refractivity contribution in [2.24, 2.45) is 15.9 Å². The smallest absolute Gasteiger partial charge is 0.133 e. The maximum atomic E-state index is 5.93. The average molecular weight is 783 g/mol. The monoisotopic (exact) mass is 780 g/mol. The Kier molecular flexibility index (Phi) is 15.1. The van der Waals surface area contributed by atoms with Gasteiger partial charge in [-0.3, -0.25) is 9.67 Å². The largest absolute Gasteiger partial charge is 0.492 e. The Hall–Kier alpha value is -3.58. The van der Waals surface area contributed by atoms with E-state index in [4.69, 9.17) is 15.3 Å². The molecule has 4 aromatic rings. The van der Waals surface area contributed by atoms with Crippen molar-refractivity contribution in [2.45, 2.75) is 32.2 Å². The first-order chi connectivity index (χ1) is 23.2. The third-order valence-corrected chi connectivity index (χ3v) is 8.75. The second-order valence-corrected chi connectivity index (χ2v) is 13.7. The van der Waals surface area contributed by atoms with Crippen molar-refractivity contribution in [1.29, 1.82) is 0 Å². The van der Waals surface area contributed by atoms with Crippen LogP contribution in [-0.2, 0) is 19.4 Å². The lowest BCUT2D eigenvalue weighted by Gasteiger charge is -2.12. The van der Waals surface area contributed by atoms with Crippen LogP contribution in [0, 0.1) is 0 Å². The van der Waals surface area contributed by atoms with Crippen LogP contribution in [-0.4, -0.2) is 97.8 Å². The highest BCUT2D eigenvalue weighted by atomic mass is 79.9. The normalized spacial score (nSPS) is 12.0. The van der Waals surface area contributed by atoms with Gasteiger partial charge in [-0.1, -0.05) is 35.5 Å². The molecule has 0 radical (unpaired) electrons. The second-order valence-electron chi connectivity index (χ2n) is 12.0. The zero-order valence-electron chi connectivity index (χ0n) is 28.3. The molecule has 48 heavy (non-hydrogen) atoms. The van der Waals surface area contributed by atoms with Crippen LogP contribution in [0.25, 0.3) is 11.3 Å². The van der Waals surface area contributed by atoms with E-state index in [-0.39, 0.29) is 0 Å². The van der Waals surface area contributed by atoms with Crippen molar-refractivity contribution in [3.63, 3.8) is 0 Å². The molecule has 10 nitrogen and oxygen atoms in total. The number of benzene rings is 3. The number of hydrogen-bond donors (Lipinski definition) is 1. The molecule has 0 unspecified atom stereocenters. The van der Waals surface area contributed by atoms with Crippen LogP contribution in [0.1, 0.15) is 29.5 Å². The molecule has 0 aliphatic heterocycles. The number of aromatic nitrogens is 3. The molecule has 0 fully saturated rings. The average Bonchev–Trinajstić information content (AvgIpc) is 3.55. The molecular formula is C36H46Br2N8O2. The van der Waals surface area contributed by atoms with Crippen molar-refractivity contribution < 1.29 is 9.47 Å². The van der Waals surface area contributed by atoms with Gasteiger partial charge in [0.15, 0.2) is 0 Å². The van der Waals surface area contributed by atoms with Crippen molar-refractivity contribution in [3.05, 3.63) is 92.5 Å². The fourth-order valence-corrected chi connectivity index (χ4v) is 5.99. The van der Waals surface area contributed by atoms with Crippen LogP contribution in [0.5, 0.6) is 11.5 Å². The number of aliphatic imine (C=N–C) groups is 1. The minimum absolute atomic E-state index is 0.600. The number of nitrogens with two attached hydrogens (primary N) is 1. The molecule has 1 heterocycles. The van der Waals surface area contributed by atoms with Crippen LogP contribution in [0.2, 0.25) is 0 Å². The molecule has 2 N–H and O–H groups in total. The van der Waals surface area contributed by atoms with E-state index < -0.39 is 0 Å². The van der Waals surface area contributed by atoms with Gasteiger partial charge in [0.1, 0.15) is 22.9 Å². The molecule has 0 aliphatic rings. The molecule has 4 rings (SSSR count). The zero-order chi connectivity index (χ0) is 34.3. The number of rotatable bonds is 19. The SMILES string of the molecule is CN(C)CCCOc1ccc(CCN=CC(=NN)c2cccc(-c3cn(CCc4ccc(OCCCN(C)C)c(Br)c4)nn3)c2)cc1Br. The Labute approximate surface area is 301 Å². The summed E-state index contributed by atoms with van der Waals surface area (Å²) in [4.78, 5) is 8.92. The Morgan fingerprint density at radius 2 is 1.48 bits per heavy atom. The second kappa shape index (κ2) is 19.4. The number of hydrogen-bond acceptors (Lipinski definition) is 9. The zero-order valence-corrected chi connectivity index (χ0v) is 31.5. The van der Waals surface area contributed by atoms with E-state index in [2.05, 4.69) is 115 Å². The van der Waals surface area contributed by atoms with Crippen LogP contribution < -0.4 is 15.3 Å². The number of halogens is 2. The topological polar surface area (TPSA) is 106 Å². The number of aryl methyl sites for hydroxylation is 2. The summed E-state index contributed by atoms with van der Waals surface area (Å²) in [6, 6.07) is 20.3. The van der Waals surface area contributed by atoms with E-state index >= 15 is 0 Å². The van der Waals surface area contributed by atoms with Gasteiger partial charge in [-0.05, 0) is 127 Å². The standard InChI is InChI=1S/C36H46Br2N8O2/c1-44(2)17-6-20-47-35-12-10-27(22-31(35)37)14-16-40-25-33(41-39)29-8-5-9-30(24-29)34-26-46(43-42-34)19-15-28-11-13-36(32(38)23-28)48-21-7-18-45(3)4/h5,8-13,22-26H,6-7,14-21,39H2,1-4H3. The summed E-state index contributed by atoms with van der Waals surface area (Å²) in [5.41, 5.74) is 5.53. The van der Waals surface area contributed by atoms with Gasteiger partial charge >= 0.3 is 0 Å². The maximum absolute atomic E-state index is 5.93. The molecule has 0 bridgehead atoms. The van der Waals surface area contributed by atoms with E-state index in [0.717, 1.165) is 76.0 Å². The van der Waals surface area contributed by atoms with Crippen molar-refractivity contribution in [2.75, 3.05) is 61.0 Å². The number of ether oxygens (including phenoxy) is 2. The highest BCUT2D eigenvalue weighted by Crippen LogP contribution is 2.28. The van der Waals surface area contributed by atoms with Gasteiger partial charge in [0.2, 0.25) is 0 Å². The fourth-order valence-electron chi connectivity index (χ4n) is 4.91. The summed E-state index contributed by atoms with van der Waals surface area (Å²) in [6.45, 7) is 4.67. The first-order valence-corrected chi connectivity index (χ1v) is 17.7. The fraction of sp³-hybridized carbons (Fsp3) is 0.389. The summed E-state index contributed by atoms with van der Waals surface area (Å²) in [5.74, 6) is 7.50. The van der Waals surface area contributed by atoms with Gasteiger partial charge < -0.3 is 25.1 Å². The molecular weight excluding hydrogens is 736 g/mol. The number of nitrogens with zero attached hydrogens (tertiary/aromatic N) is 7. The molecule has 12 heteroatoms. The maximum Gasteiger partial charge on any atom is 0.133 e. The molecule has 1 aromatic heterocycles. The van der Waals surface area contributed by atoms with Gasteiger partial charge in [-0.15, -0.1) is 5.10 Å². The summed E-state index contributed by atoms with van der Waals surface area (Å²) in [5, 5.41) is 12.8. The lowest BCUT2D eigenvalue weighted by molar-refractivity contribution is 0.280. The highest BCUT2D eigenvalue weighted by molar-refractivity contribution is 9.10. The molecule has 256 valence electrons. The summed E-state index contributed by atoms with van der Waals surface area (Å²) >= 11 is 7.29. The Bertz CT molecular complexity index is 1650. The van der Waals surface area contributed by atoms with Crippen LogP contribution in [0.4, 0.5) is 0 Å².